The summed E-state index contributed by atoms with van der Waals surface area (Å²) in [6.45, 7) is 0.240. The van der Waals surface area contributed by atoms with E-state index in [0.29, 0.717) is 17.4 Å². The van der Waals surface area contributed by atoms with Crippen molar-refractivity contribution < 1.29 is 19.1 Å². The number of aromatic amines is 1. The van der Waals surface area contributed by atoms with Crippen LogP contribution in [-0.2, 0) is 14.3 Å². The standard InChI is InChI=1S/C17H18N4O5/c18-16(24)13-9-21(5-6-26-13)14(22)8-20-17(25)11-7-19-12-4-2-1-3-10(12)15(11)23/h1-4,7,13H,5-6,8-9H2,(H2,18,24)(H,19,23)(H,20,25). The van der Waals surface area contributed by atoms with Crippen LogP contribution in [0.2, 0.25) is 0 Å². The summed E-state index contributed by atoms with van der Waals surface area (Å²) in [6.07, 6.45) is 0.467. The third kappa shape index (κ3) is 3.57. The number of ether oxygens (including phenoxy) is 1. The molecule has 1 aromatic carbocycles. The van der Waals surface area contributed by atoms with Crippen LogP contribution in [0.25, 0.3) is 10.9 Å². The minimum atomic E-state index is -0.855. The van der Waals surface area contributed by atoms with E-state index in [1.165, 1.54) is 11.1 Å². The van der Waals surface area contributed by atoms with Crippen molar-refractivity contribution in [1.82, 2.24) is 15.2 Å². The van der Waals surface area contributed by atoms with Crippen LogP contribution >= 0.6 is 0 Å². The second-order valence-corrected chi connectivity index (χ2v) is 5.86. The molecule has 9 heteroatoms. The van der Waals surface area contributed by atoms with Gasteiger partial charge in [-0.1, -0.05) is 12.1 Å². The van der Waals surface area contributed by atoms with Gasteiger partial charge >= 0.3 is 0 Å². The van der Waals surface area contributed by atoms with Gasteiger partial charge in [-0.3, -0.25) is 19.2 Å². The lowest BCUT2D eigenvalue weighted by atomic mass is 10.1. The van der Waals surface area contributed by atoms with Gasteiger partial charge in [-0.05, 0) is 12.1 Å². The highest BCUT2D eigenvalue weighted by Gasteiger charge is 2.27. The number of aromatic nitrogens is 1. The number of benzene rings is 1. The molecule has 0 radical (unpaired) electrons. The predicted octanol–water partition coefficient (Wildman–Crippen LogP) is -1.03. The molecule has 0 bridgehead atoms. The van der Waals surface area contributed by atoms with E-state index in [0.717, 1.165) is 0 Å². The first-order valence-corrected chi connectivity index (χ1v) is 8.04. The molecule has 26 heavy (non-hydrogen) atoms. The van der Waals surface area contributed by atoms with Crippen molar-refractivity contribution in [3.05, 3.63) is 46.2 Å². The SMILES string of the molecule is NC(=O)C1CN(C(=O)CNC(=O)c2c[nH]c3ccccc3c2=O)CCO1. The van der Waals surface area contributed by atoms with Crippen LogP contribution in [0.3, 0.4) is 0 Å². The topological polar surface area (TPSA) is 135 Å². The van der Waals surface area contributed by atoms with E-state index in [9.17, 15) is 19.2 Å². The zero-order chi connectivity index (χ0) is 18.7. The fourth-order valence-corrected chi connectivity index (χ4v) is 2.75. The van der Waals surface area contributed by atoms with Gasteiger partial charge in [-0.15, -0.1) is 0 Å². The summed E-state index contributed by atoms with van der Waals surface area (Å²) in [5.41, 5.74) is 5.31. The fourth-order valence-electron chi connectivity index (χ4n) is 2.75. The highest BCUT2D eigenvalue weighted by molar-refractivity contribution is 5.98. The van der Waals surface area contributed by atoms with E-state index in [2.05, 4.69) is 10.3 Å². The number of primary amides is 1. The molecule has 0 spiro atoms. The lowest BCUT2D eigenvalue weighted by Crippen LogP contribution is -2.52. The number of H-pyrrole nitrogens is 1. The molecular formula is C17H18N4O5. The average molecular weight is 358 g/mol. The Balaban J connectivity index is 1.65. The molecule has 2 aromatic rings. The lowest BCUT2D eigenvalue weighted by Gasteiger charge is -2.31. The van der Waals surface area contributed by atoms with Crippen LogP contribution in [0.5, 0.6) is 0 Å². The van der Waals surface area contributed by atoms with Gasteiger partial charge in [0.1, 0.15) is 5.56 Å². The summed E-state index contributed by atoms with van der Waals surface area (Å²) >= 11 is 0. The van der Waals surface area contributed by atoms with Gasteiger partial charge in [0.15, 0.2) is 6.10 Å². The molecule has 2 heterocycles. The third-order valence-electron chi connectivity index (χ3n) is 4.17. The number of carbonyl (C=O) groups excluding carboxylic acids is 3. The molecule has 0 saturated carbocycles. The molecular weight excluding hydrogens is 340 g/mol. The van der Waals surface area contributed by atoms with Gasteiger partial charge in [0.2, 0.25) is 17.2 Å². The molecule has 1 aromatic heterocycles. The summed E-state index contributed by atoms with van der Waals surface area (Å²) in [5.74, 6) is -1.68. The second kappa shape index (κ2) is 7.36. The van der Waals surface area contributed by atoms with Crippen LogP contribution < -0.4 is 16.5 Å². The minimum absolute atomic E-state index is 0.0423. The first kappa shape index (κ1) is 17.6. The number of nitrogens with zero attached hydrogens (tertiary/aromatic N) is 1. The molecule has 1 aliphatic heterocycles. The van der Waals surface area contributed by atoms with Gasteiger partial charge in [-0.2, -0.15) is 0 Å². The van der Waals surface area contributed by atoms with Gasteiger partial charge in [-0.25, -0.2) is 0 Å². The average Bonchev–Trinajstić information content (AvgIpc) is 2.66. The number of nitrogens with one attached hydrogen (secondary N) is 2. The van der Waals surface area contributed by atoms with Crippen molar-refractivity contribution in [2.24, 2.45) is 5.73 Å². The molecule has 1 fully saturated rings. The highest BCUT2D eigenvalue weighted by Crippen LogP contribution is 2.07. The van der Waals surface area contributed by atoms with Crippen molar-refractivity contribution in [1.29, 1.82) is 0 Å². The Morgan fingerprint density at radius 2 is 2.08 bits per heavy atom. The van der Waals surface area contributed by atoms with Gasteiger partial charge in [0.25, 0.3) is 5.91 Å². The number of morpholine rings is 1. The monoisotopic (exact) mass is 358 g/mol. The normalized spacial score (nSPS) is 17.1. The van der Waals surface area contributed by atoms with E-state index in [1.807, 2.05) is 0 Å². The number of hydrogen-bond donors (Lipinski definition) is 3. The molecule has 0 aliphatic carbocycles. The molecule has 136 valence electrons. The van der Waals surface area contributed by atoms with Crippen molar-refractivity contribution in [2.75, 3.05) is 26.2 Å². The Hall–Kier alpha value is -3.20. The van der Waals surface area contributed by atoms with Crippen LogP contribution in [-0.4, -0.2) is 60.0 Å². The maximum absolute atomic E-state index is 12.4. The number of rotatable bonds is 4. The first-order chi connectivity index (χ1) is 12.5. The van der Waals surface area contributed by atoms with E-state index >= 15 is 0 Å². The van der Waals surface area contributed by atoms with Crippen LogP contribution in [0.4, 0.5) is 0 Å². The third-order valence-corrected chi connectivity index (χ3v) is 4.17. The lowest BCUT2D eigenvalue weighted by molar-refractivity contribution is -0.144. The number of fused-ring (bicyclic) bond motifs is 1. The first-order valence-electron chi connectivity index (χ1n) is 8.04. The van der Waals surface area contributed by atoms with E-state index in [-0.39, 0.29) is 31.2 Å². The molecule has 1 atom stereocenters. The molecule has 1 unspecified atom stereocenters. The number of hydrogen-bond acceptors (Lipinski definition) is 5. The summed E-state index contributed by atoms with van der Waals surface area (Å²) in [5, 5.41) is 2.83. The Labute approximate surface area is 148 Å². The van der Waals surface area contributed by atoms with Crippen LogP contribution in [0, 0.1) is 0 Å². The Morgan fingerprint density at radius 3 is 2.85 bits per heavy atom. The summed E-state index contributed by atoms with van der Waals surface area (Å²) in [4.78, 5) is 52.3. The molecule has 1 saturated heterocycles. The number of nitrogens with two attached hydrogens (primary N) is 1. The fraction of sp³-hybridized carbons (Fsp3) is 0.294. The van der Waals surface area contributed by atoms with Gasteiger partial charge in [0.05, 0.1) is 19.7 Å². The number of para-hydroxylation sites is 1. The Bertz CT molecular complexity index is 923. The summed E-state index contributed by atoms with van der Waals surface area (Å²) in [7, 11) is 0. The maximum Gasteiger partial charge on any atom is 0.257 e. The number of carbonyl (C=O) groups is 3. The van der Waals surface area contributed by atoms with E-state index in [1.54, 1.807) is 24.3 Å². The molecule has 3 rings (SSSR count). The van der Waals surface area contributed by atoms with E-state index < -0.39 is 23.3 Å². The second-order valence-electron chi connectivity index (χ2n) is 5.86. The Kier molecular flexibility index (Phi) is 4.99. The highest BCUT2D eigenvalue weighted by atomic mass is 16.5. The smallest absolute Gasteiger partial charge is 0.257 e. The molecule has 3 amide bonds. The summed E-state index contributed by atoms with van der Waals surface area (Å²) in [6, 6.07) is 6.83. The van der Waals surface area contributed by atoms with Crippen LogP contribution in [0.15, 0.2) is 35.3 Å². The number of pyridine rings is 1. The van der Waals surface area contributed by atoms with Crippen LogP contribution in [0.1, 0.15) is 10.4 Å². The van der Waals surface area contributed by atoms with Crippen molar-refractivity contribution in [3.63, 3.8) is 0 Å². The van der Waals surface area contributed by atoms with Crippen molar-refractivity contribution >= 4 is 28.6 Å². The summed E-state index contributed by atoms with van der Waals surface area (Å²) < 4.78 is 5.17. The zero-order valence-electron chi connectivity index (χ0n) is 13.9. The predicted molar refractivity (Wildman–Crippen MR) is 92.4 cm³/mol. The Morgan fingerprint density at radius 1 is 1.31 bits per heavy atom. The molecule has 9 nitrogen and oxygen atoms in total. The maximum atomic E-state index is 12.4. The molecule has 1 aliphatic rings. The molecule has 4 N–H and O–H groups in total. The zero-order valence-corrected chi connectivity index (χ0v) is 13.9. The quantitative estimate of drug-likeness (QED) is 0.642. The largest absolute Gasteiger partial charge is 0.367 e. The van der Waals surface area contributed by atoms with Gasteiger partial charge < -0.3 is 25.7 Å². The van der Waals surface area contributed by atoms with Crippen molar-refractivity contribution in [2.45, 2.75) is 6.10 Å². The van der Waals surface area contributed by atoms with E-state index in [4.69, 9.17) is 10.5 Å². The van der Waals surface area contributed by atoms with Crippen molar-refractivity contribution in [3.8, 4) is 0 Å². The minimum Gasteiger partial charge on any atom is -0.367 e. The number of amides is 3. The van der Waals surface area contributed by atoms with Gasteiger partial charge in [0, 0.05) is 23.6 Å².